The van der Waals surface area contributed by atoms with Crippen molar-refractivity contribution in [2.24, 2.45) is 0 Å². The Morgan fingerprint density at radius 2 is 1.95 bits per heavy atom. The van der Waals surface area contributed by atoms with Crippen LogP contribution in [0.25, 0.3) is 0 Å². The summed E-state index contributed by atoms with van der Waals surface area (Å²) in [5.74, 6) is 0. The summed E-state index contributed by atoms with van der Waals surface area (Å²) in [6, 6.07) is 6.76. The normalized spacial score (nSPS) is 18.0. The molecule has 1 N–H and O–H groups in total. The van der Waals surface area contributed by atoms with Gasteiger partial charge in [0.2, 0.25) is 10.0 Å². The quantitative estimate of drug-likeness (QED) is 0.762. The van der Waals surface area contributed by atoms with Crippen LogP contribution in [-0.4, -0.2) is 64.5 Å². The number of piperazine rings is 1. The summed E-state index contributed by atoms with van der Waals surface area (Å²) in [5.41, 5.74) is 0. The lowest BCUT2D eigenvalue weighted by atomic mass is 10.3. The van der Waals surface area contributed by atoms with Crippen molar-refractivity contribution in [3.63, 3.8) is 0 Å². The van der Waals surface area contributed by atoms with E-state index < -0.39 is 10.0 Å². The number of sulfonamides is 1. The summed E-state index contributed by atoms with van der Waals surface area (Å²) in [4.78, 5) is 5.00. The highest BCUT2D eigenvalue weighted by atomic mass is 79.9. The number of hydrogen-bond donors (Lipinski definition) is 1. The zero-order valence-corrected chi connectivity index (χ0v) is 14.7. The molecule has 0 aromatic heterocycles. The summed E-state index contributed by atoms with van der Waals surface area (Å²) >= 11 is 3.29. The first kappa shape index (κ1) is 16.9. The Kier molecular flexibility index (Phi) is 6.19. The maximum atomic E-state index is 12.1. The largest absolute Gasteiger partial charge is 0.304 e. The second kappa shape index (κ2) is 7.69. The van der Waals surface area contributed by atoms with Crippen LogP contribution in [0.3, 0.4) is 0 Å². The molecule has 1 heterocycles. The van der Waals surface area contributed by atoms with Crippen molar-refractivity contribution in [1.82, 2.24) is 14.5 Å². The van der Waals surface area contributed by atoms with Crippen LogP contribution in [0, 0.1) is 0 Å². The topological polar surface area (TPSA) is 52.6 Å². The van der Waals surface area contributed by atoms with Crippen LogP contribution in [0.5, 0.6) is 0 Å². The minimum absolute atomic E-state index is 0.302. The van der Waals surface area contributed by atoms with E-state index in [-0.39, 0.29) is 0 Å². The lowest BCUT2D eigenvalue weighted by Gasteiger charge is -2.32. The smallest absolute Gasteiger partial charge is 0.240 e. The van der Waals surface area contributed by atoms with Crippen molar-refractivity contribution in [1.29, 1.82) is 0 Å². The predicted molar refractivity (Wildman–Crippen MR) is 87.9 cm³/mol. The number of nitrogens with one attached hydrogen (secondary N) is 1. The van der Waals surface area contributed by atoms with Gasteiger partial charge in [-0.1, -0.05) is 22.0 Å². The van der Waals surface area contributed by atoms with Gasteiger partial charge < -0.3 is 9.80 Å². The van der Waals surface area contributed by atoms with E-state index in [0.29, 0.717) is 11.4 Å². The third kappa shape index (κ3) is 5.34. The average Bonchev–Trinajstić information content (AvgIpc) is 2.45. The number of halogens is 1. The van der Waals surface area contributed by atoms with Gasteiger partial charge in [-0.15, -0.1) is 0 Å². The zero-order valence-electron chi connectivity index (χ0n) is 12.3. The first-order chi connectivity index (χ1) is 9.97. The molecule has 118 valence electrons. The van der Waals surface area contributed by atoms with Gasteiger partial charge in [-0.25, -0.2) is 13.1 Å². The zero-order chi connectivity index (χ0) is 15.3. The van der Waals surface area contributed by atoms with Gasteiger partial charge in [0, 0.05) is 37.2 Å². The lowest BCUT2D eigenvalue weighted by molar-refractivity contribution is 0.153. The SMILES string of the molecule is CN1CCN(CCCNS(=O)(=O)c2cccc(Br)c2)CC1. The molecular formula is C14H22BrN3O2S. The summed E-state index contributed by atoms with van der Waals surface area (Å²) in [6.45, 7) is 5.72. The summed E-state index contributed by atoms with van der Waals surface area (Å²) in [7, 11) is -1.27. The van der Waals surface area contributed by atoms with Crippen molar-refractivity contribution in [2.45, 2.75) is 11.3 Å². The molecule has 21 heavy (non-hydrogen) atoms. The van der Waals surface area contributed by atoms with E-state index in [4.69, 9.17) is 0 Å². The summed E-state index contributed by atoms with van der Waals surface area (Å²) in [6.07, 6.45) is 0.830. The van der Waals surface area contributed by atoms with E-state index in [0.717, 1.165) is 43.6 Å². The second-order valence-corrected chi connectivity index (χ2v) is 8.04. The van der Waals surface area contributed by atoms with E-state index in [1.165, 1.54) is 0 Å². The fourth-order valence-corrected chi connectivity index (χ4v) is 3.97. The van der Waals surface area contributed by atoms with Crippen LogP contribution in [-0.2, 0) is 10.0 Å². The molecule has 1 aliphatic heterocycles. The number of rotatable bonds is 6. The maximum Gasteiger partial charge on any atom is 0.240 e. The summed E-state index contributed by atoms with van der Waals surface area (Å²) in [5, 5.41) is 0. The first-order valence-corrected chi connectivity index (χ1v) is 9.41. The molecule has 0 unspecified atom stereocenters. The predicted octanol–water partition coefficient (Wildman–Crippen LogP) is 1.36. The van der Waals surface area contributed by atoms with Crippen LogP contribution in [0.1, 0.15) is 6.42 Å². The minimum atomic E-state index is -3.40. The molecule has 1 fully saturated rings. The third-order valence-corrected chi connectivity index (χ3v) is 5.60. The first-order valence-electron chi connectivity index (χ1n) is 7.13. The van der Waals surface area contributed by atoms with Gasteiger partial charge in [-0.2, -0.15) is 0 Å². The van der Waals surface area contributed by atoms with Gasteiger partial charge in [0.1, 0.15) is 0 Å². The van der Waals surface area contributed by atoms with Crippen LogP contribution in [0.15, 0.2) is 33.6 Å². The van der Waals surface area contributed by atoms with Crippen molar-refractivity contribution in [3.05, 3.63) is 28.7 Å². The fraction of sp³-hybridized carbons (Fsp3) is 0.571. The molecule has 1 aromatic carbocycles. The van der Waals surface area contributed by atoms with Gasteiger partial charge in [0.15, 0.2) is 0 Å². The Labute approximate surface area is 135 Å². The molecule has 0 bridgehead atoms. The highest BCUT2D eigenvalue weighted by molar-refractivity contribution is 9.10. The van der Waals surface area contributed by atoms with Crippen molar-refractivity contribution in [2.75, 3.05) is 46.3 Å². The maximum absolute atomic E-state index is 12.1. The van der Waals surface area contributed by atoms with Crippen LogP contribution >= 0.6 is 15.9 Å². The van der Waals surface area contributed by atoms with Gasteiger partial charge in [-0.3, -0.25) is 0 Å². The average molecular weight is 376 g/mol. The summed E-state index contributed by atoms with van der Waals surface area (Å²) < 4.78 is 27.7. The molecule has 5 nitrogen and oxygen atoms in total. The van der Waals surface area contributed by atoms with E-state index in [9.17, 15) is 8.42 Å². The minimum Gasteiger partial charge on any atom is -0.304 e. The molecular weight excluding hydrogens is 354 g/mol. The van der Waals surface area contributed by atoms with Gasteiger partial charge in [0.05, 0.1) is 4.90 Å². The van der Waals surface area contributed by atoms with Gasteiger partial charge >= 0.3 is 0 Å². The molecule has 2 rings (SSSR count). The Hall–Kier alpha value is -0.470. The van der Waals surface area contributed by atoms with E-state index in [1.807, 2.05) is 6.07 Å². The van der Waals surface area contributed by atoms with Crippen molar-refractivity contribution >= 4 is 26.0 Å². The number of benzene rings is 1. The lowest BCUT2D eigenvalue weighted by Crippen LogP contribution is -2.45. The van der Waals surface area contributed by atoms with E-state index >= 15 is 0 Å². The Balaban J connectivity index is 1.75. The molecule has 0 saturated carbocycles. The molecule has 0 radical (unpaired) electrons. The highest BCUT2D eigenvalue weighted by Gasteiger charge is 2.15. The van der Waals surface area contributed by atoms with Crippen molar-refractivity contribution in [3.8, 4) is 0 Å². The second-order valence-electron chi connectivity index (χ2n) is 5.35. The monoisotopic (exact) mass is 375 g/mol. The highest BCUT2D eigenvalue weighted by Crippen LogP contribution is 2.15. The van der Waals surface area contributed by atoms with Crippen LogP contribution < -0.4 is 4.72 Å². The Morgan fingerprint density at radius 3 is 2.62 bits per heavy atom. The number of hydrogen-bond acceptors (Lipinski definition) is 4. The molecule has 1 aliphatic rings. The molecule has 7 heteroatoms. The van der Waals surface area contributed by atoms with E-state index in [2.05, 4.69) is 37.5 Å². The molecule has 0 aliphatic carbocycles. The Morgan fingerprint density at radius 1 is 1.24 bits per heavy atom. The fourth-order valence-electron chi connectivity index (χ4n) is 2.30. The molecule has 0 atom stereocenters. The number of nitrogens with zero attached hydrogens (tertiary/aromatic N) is 2. The van der Waals surface area contributed by atoms with Gasteiger partial charge in [-0.05, 0) is 38.2 Å². The van der Waals surface area contributed by atoms with Crippen molar-refractivity contribution < 1.29 is 8.42 Å². The molecule has 1 saturated heterocycles. The van der Waals surface area contributed by atoms with Crippen LogP contribution in [0.4, 0.5) is 0 Å². The standard InChI is InChI=1S/C14H22BrN3O2S/c1-17-8-10-18(11-9-17)7-3-6-16-21(19,20)14-5-2-4-13(15)12-14/h2,4-5,12,16H,3,6-11H2,1H3. The molecule has 0 amide bonds. The molecule has 1 aromatic rings. The Bertz CT molecular complexity index is 557. The molecule has 0 spiro atoms. The van der Waals surface area contributed by atoms with Gasteiger partial charge in [0.25, 0.3) is 0 Å². The van der Waals surface area contributed by atoms with Crippen LogP contribution in [0.2, 0.25) is 0 Å². The van der Waals surface area contributed by atoms with E-state index in [1.54, 1.807) is 18.2 Å². The number of likely N-dealkylation sites (N-methyl/N-ethyl adjacent to an activating group) is 1. The third-order valence-electron chi connectivity index (χ3n) is 3.65.